The van der Waals surface area contributed by atoms with E-state index in [9.17, 15) is 13.2 Å². The summed E-state index contributed by atoms with van der Waals surface area (Å²) in [4.78, 5) is 5.90. The van der Waals surface area contributed by atoms with Crippen LogP contribution in [0.3, 0.4) is 0 Å². The molecule has 0 aliphatic heterocycles. The van der Waals surface area contributed by atoms with Gasteiger partial charge in [-0.05, 0) is 18.2 Å². The van der Waals surface area contributed by atoms with Gasteiger partial charge in [-0.1, -0.05) is 36.4 Å². The first kappa shape index (κ1) is 13.5. The maximum atomic E-state index is 13.9. The SMILES string of the molecule is FC(F)(F)c1c2[nH]c3ccccc3c2cc2c1[nH]c1ccccc12. The van der Waals surface area contributed by atoms with E-state index >= 15 is 0 Å². The van der Waals surface area contributed by atoms with E-state index in [2.05, 4.69) is 9.97 Å². The van der Waals surface area contributed by atoms with Crippen LogP contribution >= 0.6 is 0 Å². The van der Waals surface area contributed by atoms with E-state index in [0.717, 1.165) is 10.8 Å². The van der Waals surface area contributed by atoms with Crippen LogP contribution in [0.15, 0.2) is 54.6 Å². The topological polar surface area (TPSA) is 31.6 Å². The van der Waals surface area contributed by atoms with Crippen LogP contribution in [-0.4, -0.2) is 9.97 Å². The van der Waals surface area contributed by atoms with Crippen LogP contribution in [-0.2, 0) is 6.18 Å². The van der Waals surface area contributed by atoms with E-state index in [1.54, 1.807) is 12.1 Å². The van der Waals surface area contributed by atoms with Crippen LogP contribution in [0.1, 0.15) is 5.56 Å². The largest absolute Gasteiger partial charge is 0.420 e. The molecule has 2 aromatic heterocycles. The number of para-hydroxylation sites is 2. The van der Waals surface area contributed by atoms with Crippen molar-refractivity contribution in [3.05, 3.63) is 60.2 Å². The van der Waals surface area contributed by atoms with Crippen molar-refractivity contribution in [2.45, 2.75) is 6.18 Å². The summed E-state index contributed by atoms with van der Waals surface area (Å²) in [5.41, 5.74) is 1.03. The Balaban J connectivity index is 2.12. The minimum Gasteiger partial charge on any atom is -0.354 e. The van der Waals surface area contributed by atoms with E-state index in [1.165, 1.54) is 0 Å². The summed E-state index contributed by atoms with van der Waals surface area (Å²) >= 11 is 0. The summed E-state index contributed by atoms with van der Waals surface area (Å²) in [5.74, 6) is 0. The number of fused-ring (bicyclic) bond motifs is 6. The molecule has 24 heavy (non-hydrogen) atoms. The lowest BCUT2D eigenvalue weighted by molar-refractivity contribution is -0.135. The molecule has 0 fully saturated rings. The van der Waals surface area contributed by atoms with Crippen molar-refractivity contribution in [3.8, 4) is 0 Å². The minimum atomic E-state index is -4.46. The van der Waals surface area contributed by atoms with Gasteiger partial charge in [0.15, 0.2) is 0 Å². The monoisotopic (exact) mass is 324 g/mol. The Labute approximate surface area is 133 Å². The van der Waals surface area contributed by atoms with Crippen molar-refractivity contribution in [3.63, 3.8) is 0 Å². The van der Waals surface area contributed by atoms with Gasteiger partial charge in [-0.15, -0.1) is 0 Å². The van der Waals surface area contributed by atoms with E-state index < -0.39 is 11.7 Å². The van der Waals surface area contributed by atoms with Gasteiger partial charge in [-0.2, -0.15) is 13.2 Å². The number of rotatable bonds is 0. The molecule has 5 heteroatoms. The maximum Gasteiger partial charge on any atom is 0.420 e. The van der Waals surface area contributed by atoms with Gasteiger partial charge in [-0.25, -0.2) is 0 Å². The average molecular weight is 324 g/mol. The first-order valence-electron chi connectivity index (χ1n) is 7.55. The summed E-state index contributed by atoms with van der Waals surface area (Å²) < 4.78 is 41.6. The Morgan fingerprint density at radius 1 is 0.625 bits per heavy atom. The second kappa shape index (κ2) is 4.32. The van der Waals surface area contributed by atoms with Crippen LogP contribution in [0.4, 0.5) is 13.2 Å². The molecule has 0 unspecified atom stereocenters. The third kappa shape index (κ3) is 1.67. The molecule has 0 radical (unpaired) electrons. The molecule has 118 valence electrons. The van der Waals surface area contributed by atoms with Gasteiger partial charge in [0, 0.05) is 32.6 Å². The predicted molar refractivity (Wildman–Crippen MR) is 90.2 cm³/mol. The number of alkyl halides is 3. The molecule has 2 N–H and O–H groups in total. The average Bonchev–Trinajstić information content (AvgIpc) is 3.09. The van der Waals surface area contributed by atoms with Gasteiger partial charge >= 0.3 is 6.18 Å². The molecule has 5 aromatic rings. The third-order valence-electron chi connectivity index (χ3n) is 4.56. The number of hydrogen-bond donors (Lipinski definition) is 2. The normalized spacial score (nSPS) is 12.8. The number of hydrogen-bond acceptors (Lipinski definition) is 0. The Kier molecular flexibility index (Phi) is 2.43. The Morgan fingerprint density at radius 2 is 1.08 bits per heavy atom. The van der Waals surface area contributed by atoms with Crippen LogP contribution in [0, 0.1) is 0 Å². The highest BCUT2D eigenvalue weighted by molar-refractivity contribution is 6.19. The quantitative estimate of drug-likeness (QED) is 0.351. The van der Waals surface area contributed by atoms with Crippen molar-refractivity contribution in [2.75, 3.05) is 0 Å². The molecular formula is C19H11F3N2. The number of halogens is 3. The van der Waals surface area contributed by atoms with Crippen molar-refractivity contribution in [1.82, 2.24) is 9.97 Å². The van der Waals surface area contributed by atoms with Crippen LogP contribution < -0.4 is 0 Å². The zero-order valence-corrected chi connectivity index (χ0v) is 12.3. The third-order valence-corrected chi connectivity index (χ3v) is 4.56. The van der Waals surface area contributed by atoms with Gasteiger partial charge in [0.05, 0.1) is 11.0 Å². The first-order valence-corrected chi connectivity index (χ1v) is 7.55. The summed E-state index contributed by atoms with van der Waals surface area (Å²) in [5, 5.41) is 2.78. The summed E-state index contributed by atoms with van der Waals surface area (Å²) in [6.45, 7) is 0. The molecule has 0 aliphatic rings. The molecule has 3 aromatic carbocycles. The molecule has 0 atom stereocenters. The number of benzene rings is 3. The first-order chi connectivity index (χ1) is 11.5. The molecule has 0 bridgehead atoms. The lowest BCUT2D eigenvalue weighted by Gasteiger charge is -2.10. The molecule has 0 saturated heterocycles. The summed E-state index contributed by atoms with van der Waals surface area (Å²) in [6, 6.07) is 16.4. The molecule has 0 amide bonds. The number of aromatic amines is 2. The maximum absolute atomic E-state index is 13.9. The highest BCUT2D eigenvalue weighted by atomic mass is 19.4. The standard InChI is InChI=1S/C19H11F3N2/c20-19(21,22)16-17-12(10-5-1-3-7-14(10)23-17)9-13-11-6-2-4-8-15(11)24-18(13)16/h1-9,23-24H. The molecule has 0 spiro atoms. The molecular weight excluding hydrogens is 313 g/mol. The van der Waals surface area contributed by atoms with Gasteiger partial charge in [0.1, 0.15) is 5.56 Å². The zero-order chi connectivity index (χ0) is 16.5. The number of H-pyrrole nitrogens is 2. The van der Waals surface area contributed by atoms with Gasteiger partial charge in [0.2, 0.25) is 0 Å². The van der Waals surface area contributed by atoms with Crippen LogP contribution in [0.25, 0.3) is 43.6 Å². The van der Waals surface area contributed by atoms with Crippen LogP contribution in [0.2, 0.25) is 0 Å². The molecule has 2 heterocycles. The van der Waals surface area contributed by atoms with E-state index in [1.807, 2.05) is 42.5 Å². The van der Waals surface area contributed by atoms with Gasteiger partial charge in [0.25, 0.3) is 0 Å². The second-order valence-corrected chi connectivity index (χ2v) is 5.94. The van der Waals surface area contributed by atoms with E-state index in [-0.39, 0.29) is 11.0 Å². The van der Waals surface area contributed by atoms with Crippen LogP contribution in [0.5, 0.6) is 0 Å². The molecule has 0 aliphatic carbocycles. The lowest BCUT2D eigenvalue weighted by atomic mass is 10.0. The predicted octanol–water partition coefficient (Wildman–Crippen LogP) is 5.97. The molecule has 2 nitrogen and oxygen atoms in total. The Hall–Kier alpha value is -2.95. The van der Waals surface area contributed by atoms with Crippen molar-refractivity contribution >= 4 is 43.6 Å². The van der Waals surface area contributed by atoms with Gasteiger partial charge < -0.3 is 9.97 Å². The number of nitrogens with one attached hydrogen (secondary N) is 2. The van der Waals surface area contributed by atoms with Crippen molar-refractivity contribution < 1.29 is 13.2 Å². The summed E-state index contributed by atoms with van der Waals surface area (Å²) in [6.07, 6.45) is -4.46. The van der Waals surface area contributed by atoms with E-state index in [0.29, 0.717) is 21.8 Å². The molecule has 0 saturated carbocycles. The fourth-order valence-corrected chi connectivity index (χ4v) is 3.57. The highest BCUT2D eigenvalue weighted by Crippen LogP contribution is 2.43. The Morgan fingerprint density at radius 3 is 1.54 bits per heavy atom. The molecule has 5 rings (SSSR count). The van der Waals surface area contributed by atoms with E-state index in [4.69, 9.17) is 0 Å². The van der Waals surface area contributed by atoms with Crippen molar-refractivity contribution in [2.24, 2.45) is 0 Å². The fourth-order valence-electron chi connectivity index (χ4n) is 3.57. The summed E-state index contributed by atoms with van der Waals surface area (Å²) in [7, 11) is 0. The second-order valence-electron chi connectivity index (χ2n) is 5.94. The Bertz CT molecular complexity index is 1150. The fraction of sp³-hybridized carbons (Fsp3) is 0.0526. The van der Waals surface area contributed by atoms with Crippen molar-refractivity contribution in [1.29, 1.82) is 0 Å². The van der Waals surface area contributed by atoms with Gasteiger partial charge in [-0.3, -0.25) is 0 Å². The lowest BCUT2D eigenvalue weighted by Crippen LogP contribution is -2.07. The highest BCUT2D eigenvalue weighted by Gasteiger charge is 2.37. The smallest absolute Gasteiger partial charge is 0.354 e. The zero-order valence-electron chi connectivity index (χ0n) is 12.3. The minimum absolute atomic E-state index is 0.128. The number of aromatic nitrogens is 2.